The molecule has 0 saturated heterocycles. The van der Waals surface area contributed by atoms with E-state index in [9.17, 15) is 4.79 Å². The largest absolute Gasteiger partial charge is 0.397 e. The number of pyridine rings is 1. The molecule has 7 heteroatoms. The summed E-state index contributed by atoms with van der Waals surface area (Å²) in [6, 6.07) is 18.7. The van der Waals surface area contributed by atoms with Crippen molar-refractivity contribution in [3.8, 4) is 11.3 Å². The van der Waals surface area contributed by atoms with E-state index in [4.69, 9.17) is 28.9 Å². The highest BCUT2D eigenvalue weighted by atomic mass is 35.5. The maximum Gasteiger partial charge on any atom is 0.267 e. The molecule has 134 valence electrons. The number of hydrogen-bond donors (Lipinski definition) is 2. The Labute approximate surface area is 169 Å². The lowest BCUT2D eigenvalue weighted by Crippen LogP contribution is -2.12. The average molecular weight is 414 g/mol. The molecule has 27 heavy (non-hydrogen) atoms. The molecule has 0 bridgehead atoms. The second-order valence-corrected chi connectivity index (χ2v) is 7.60. The number of nitrogens with one attached hydrogen (secondary N) is 1. The number of carbonyl (C=O) groups excluding carboxylic acids is 1. The van der Waals surface area contributed by atoms with E-state index in [-0.39, 0.29) is 10.9 Å². The molecule has 4 aromatic rings. The van der Waals surface area contributed by atoms with Gasteiger partial charge in [0.25, 0.3) is 5.91 Å². The van der Waals surface area contributed by atoms with Crippen molar-refractivity contribution in [1.82, 2.24) is 4.98 Å². The Morgan fingerprint density at radius 3 is 2.56 bits per heavy atom. The molecule has 0 aliphatic rings. The molecule has 3 N–H and O–H groups in total. The monoisotopic (exact) mass is 413 g/mol. The fourth-order valence-corrected chi connectivity index (χ4v) is 4.05. The van der Waals surface area contributed by atoms with Gasteiger partial charge in [-0.2, -0.15) is 0 Å². The van der Waals surface area contributed by atoms with Crippen LogP contribution < -0.4 is 11.1 Å². The van der Waals surface area contributed by atoms with E-state index in [1.54, 1.807) is 18.2 Å². The number of fused-ring (bicyclic) bond motifs is 1. The van der Waals surface area contributed by atoms with E-state index in [0.29, 0.717) is 26.1 Å². The van der Waals surface area contributed by atoms with Gasteiger partial charge in [-0.1, -0.05) is 59.6 Å². The predicted molar refractivity (Wildman–Crippen MR) is 114 cm³/mol. The summed E-state index contributed by atoms with van der Waals surface area (Å²) in [6.45, 7) is 0. The van der Waals surface area contributed by atoms with Gasteiger partial charge in [-0.25, -0.2) is 4.98 Å². The molecule has 2 aromatic carbocycles. The Hall–Kier alpha value is -2.60. The summed E-state index contributed by atoms with van der Waals surface area (Å²) in [7, 11) is 0. The summed E-state index contributed by atoms with van der Waals surface area (Å²) < 4.78 is 0. The van der Waals surface area contributed by atoms with Crippen molar-refractivity contribution in [2.75, 3.05) is 11.1 Å². The number of nitrogen functional groups attached to an aromatic ring is 1. The fourth-order valence-electron chi connectivity index (χ4n) is 2.71. The maximum absolute atomic E-state index is 12.7. The number of amides is 1. The number of carbonyl (C=O) groups is 1. The molecule has 2 aromatic heterocycles. The van der Waals surface area contributed by atoms with Gasteiger partial charge in [0.2, 0.25) is 0 Å². The fraction of sp³-hybridized carbons (Fsp3) is 0. The lowest BCUT2D eigenvalue weighted by atomic mass is 10.1. The zero-order valence-electron chi connectivity index (χ0n) is 13.9. The van der Waals surface area contributed by atoms with Crippen molar-refractivity contribution < 1.29 is 4.79 Å². The van der Waals surface area contributed by atoms with Crippen LogP contribution in [0.5, 0.6) is 0 Å². The van der Waals surface area contributed by atoms with Gasteiger partial charge in [-0.05, 0) is 24.3 Å². The Bertz CT molecular complexity index is 1160. The topological polar surface area (TPSA) is 68.0 Å². The van der Waals surface area contributed by atoms with Gasteiger partial charge in [0.05, 0.1) is 27.1 Å². The zero-order chi connectivity index (χ0) is 19.0. The van der Waals surface area contributed by atoms with Crippen molar-refractivity contribution in [2.24, 2.45) is 0 Å². The zero-order valence-corrected chi connectivity index (χ0v) is 16.2. The highest BCUT2D eigenvalue weighted by Crippen LogP contribution is 2.36. The first-order chi connectivity index (χ1) is 13.0. The Kier molecular flexibility index (Phi) is 4.74. The van der Waals surface area contributed by atoms with E-state index in [0.717, 1.165) is 16.6 Å². The second kappa shape index (κ2) is 7.19. The molecule has 4 nitrogen and oxygen atoms in total. The number of thiophene rings is 1. The van der Waals surface area contributed by atoms with Crippen LogP contribution >= 0.6 is 34.5 Å². The van der Waals surface area contributed by atoms with Crippen LogP contribution in [-0.2, 0) is 0 Å². The number of aromatic nitrogens is 1. The number of benzene rings is 2. The van der Waals surface area contributed by atoms with E-state index in [2.05, 4.69) is 10.3 Å². The van der Waals surface area contributed by atoms with E-state index in [1.165, 1.54) is 11.3 Å². The molecule has 0 spiro atoms. The molecule has 0 saturated carbocycles. The molecule has 2 heterocycles. The van der Waals surface area contributed by atoms with Crippen LogP contribution in [0, 0.1) is 0 Å². The van der Waals surface area contributed by atoms with Gasteiger partial charge in [-0.15, -0.1) is 11.3 Å². The van der Waals surface area contributed by atoms with Gasteiger partial charge in [0.1, 0.15) is 9.71 Å². The molecule has 0 aliphatic carbocycles. The molecule has 0 radical (unpaired) electrons. The summed E-state index contributed by atoms with van der Waals surface area (Å²) in [4.78, 5) is 18.5. The average Bonchev–Trinajstić information content (AvgIpc) is 3.02. The normalized spacial score (nSPS) is 10.9. The lowest BCUT2D eigenvalue weighted by molar-refractivity contribution is 0.103. The van der Waals surface area contributed by atoms with Crippen LogP contribution in [0.3, 0.4) is 0 Å². The second-order valence-electron chi connectivity index (χ2n) is 5.82. The third-order valence-electron chi connectivity index (χ3n) is 4.07. The minimum Gasteiger partial charge on any atom is -0.397 e. The van der Waals surface area contributed by atoms with Crippen molar-refractivity contribution in [2.45, 2.75) is 0 Å². The first kappa shape index (κ1) is 17.8. The summed E-state index contributed by atoms with van der Waals surface area (Å²) in [6.07, 6.45) is 0. The van der Waals surface area contributed by atoms with Crippen molar-refractivity contribution in [3.63, 3.8) is 0 Å². The Morgan fingerprint density at radius 1 is 1.00 bits per heavy atom. The third-order valence-corrected chi connectivity index (χ3v) is 6.00. The predicted octanol–water partition coefficient (Wildman–Crippen LogP) is 6.10. The van der Waals surface area contributed by atoms with E-state index >= 15 is 0 Å². The number of hydrogen-bond acceptors (Lipinski definition) is 4. The lowest BCUT2D eigenvalue weighted by Gasteiger charge is -2.07. The van der Waals surface area contributed by atoms with Crippen LogP contribution in [0.4, 0.5) is 11.4 Å². The number of anilines is 2. The van der Waals surface area contributed by atoms with Crippen molar-refractivity contribution in [3.05, 3.63) is 75.6 Å². The molecule has 0 unspecified atom stereocenters. The van der Waals surface area contributed by atoms with E-state index in [1.807, 2.05) is 42.5 Å². The molecule has 0 aliphatic heterocycles. The van der Waals surface area contributed by atoms with Crippen molar-refractivity contribution in [1.29, 1.82) is 0 Å². The SMILES string of the molecule is Nc1c(C(=O)Nc2cccc(Cl)c2Cl)sc2nc(-c3ccccc3)ccc12. The number of halogens is 2. The summed E-state index contributed by atoms with van der Waals surface area (Å²) in [5, 5.41) is 4.17. The first-order valence-corrected chi connectivity index (χ1v) is 9.61. The minimum atomic E-state index is -0.346. The standard InChI is InChI=1S/C20H13Cl2N3OS/c21-13-7-4-8-15(16(13)22)24-19(26)18-17(23)12-9-10-14(25-20(12)27-18)11-5-2-1-3-6-11/h1-10H,23H2,(H,24,26). The smallest absolute Gasteiger partial charge is 0.267 e. The Morgan fingerprint density at radius 2 is 1.78 bits per heavy atom. The van der Waals surface area contributed by atoms with E-state index < -0.39 is 0 Å². The molecule has 4 rings (SSSR count). The number of nitrogens with zero attached hydrogens (tertiary/aromatic N) is 1. The first-order valence-electron chi connectivity index (χ1n) is 8.04. The molecule has 0 fully saturated rings. The van der Waals surface area contributed by atoms with Crippen LogP contribution in [0.25, 0.3) is 21.5 Å². The van der Waals surface area contributed by atoms with Gasteiger partial charge < -0.3 is 11.1 Å². The summed E-state index contributed by atoms with van der Waals surface area (Å²) in [5.74, 6) is -0.346. The van der Waals surface area contributed by atoms with Gasteiger partial charge >= 0.3 is 0 Å². The van der Waals surface area contributed by atoms with Crippen LogP contribution in [0.15, 0.2) is 60.7 Å². The highest BCUT2D eigenvalue weighted by molar-refractivity contribution is 7.21. The molecule has 0 atom stereocenters. The van der Waals surface area contributed by atoms with Crippen LogP contribution in [-0.4, -0.2) is 10.9 Å². The highest BCUT2D eigenvalue weighted by Gasteiger charge is 2.19. The molecule has 1 amide bonds. The summed E-state index contributed by atoms with van der Waals surface area (Å²) in [5.41, 5.74) is 8.87. The van der Waals surface area contributed by atoms with Crippen LogP contribution in [0.1, 0.15) is 9.67 Å². The molecular formula is C20H13Cl2N3OS. The number of rotatable bonds is 3. The van der Waals surface area contributed by atoms with Gasteiger partial charge in [-0.3, -0.25) is 4.79 Å². The summed E-state index contributed by atoms with van der Waals surface area (Å²) >= 11 is 13.4. The minimum absolute atomic E-state index is 0.289. The van der Waals surface area contributed by atoms with Gasteiger partial charge in [0, 0.05) is 10.9 Å². The Balaban J connectivity index is 1.70. The molecular weight excluding hydrogens is 401 g/mol. The van der Waals surface area contributed by atoms with Gasteiger partial charge in [0.15, 0.2) is 0 Å². The third kappa shape index (κ3) is 3.37. The van der Waals surface area contributed by atoms with Crippen LogP contribution in [0.2, 0.25) is 10.0 Å². The number of nitrogens with two attached hydrogens (primary N) is 1. The quantitative estimate of drug-likeness (QED) is 0.425. The maximum atomic E-state index is 12.7. The van der Waals surface area contributed by atoms with Crippen molar-refractivity contribution >= 4 is 62.0 Å².